The maximum Gasteiger partial charge on any atom is 0.246 e. The summed E-state index contributed by atoms with van der Waals surface area (Å²) >= 11 is 0. The smallest absolute Gasteiger partial charge is 0.246 e. The van der Waals surface area contributed by atoms with E-state index in [9.17, 15) is 4.79 Å². The molecule has 2 unspecified atom stereocenters. The predicted molar refractivity (Wildman–Crippen MR) is 71.3 cm³/mol. The van der Waals surface area contributed by atoms with E-state index in [-0.39, 0.29) is 18.1 Å². The molecule has 1 saturated heterocycles. The number of likely N-dealkylation sites (N-methyl/N-ethyl adjacent to an activating group) is 1. The fourth-order valence-electron chi connectivity index (χ4n) is 2.52. The highest BCUT2D eigenvalue weighted by Crippen LogP contribution is 2.34. The molecule has 0 saturated carbocycles. The zero-order chi connectivity index (χ0) is 13.2. The summed E-state index contributed by atoms with van der Waals surface area (Å²) in [6, 6.07) is 5.51. The molecule has 0 radical (unpaired) electrons. The number of carbonyl (C=O) groups excluding carboxylic acids is 1. The molecule has 1 amide bonds. The SMILES string of the molecule is CCNC1C(=O)Nc2cc(OC3CCOC3)ccc21. The van der Waals surface area contributed by atoms with E-state index in [2.05, 4.69) is 10.6 Å². The molecule has 1 aromatic rings. The highest BCUT2D eigenvalue weighted by molar-refractivity contribution is 6.02. The van der Waals surface area contributed by atoms with Gasteiger partial charge in [-0.3, -0.25) is 4.79 Å². The summed E-state index contributed by atoms with van der Waals surface area (Å²) in [5, 5.41) is 6.06. The maximum atomic E-state index is 11.8. The maximum absolute atomic E-state index is 11.8. The lowest BCUT2D eigenvalue weighted by molar-refractivity contribution is -0.117. The fraction of sp³-hybridized carbons (Fsp3) is 0.500. The van der Waals surface area contributed by atoms with E-state index in [1.807, 2.05) is 25.1 Å². The summed E-state index contributed by atoms with van der Waals surface area (Å²) in [6.45, 7) is 4.15. The monoisotopic (exact) mass is 262 g/mol. The molecule has 3 rings (SSSR count). The summed E-state index contributed by atoms with van der Waals surface area (Å²) in [5.41, 5.74) is 1.83. The number of carbonyl (C=O) groups is 1. The van der Waals surface area contributed by atoms with Crippen molar-refractivity contribution in [3.63, 3.8) is 0 Å². The van der Waals surface area contributed by atoms with Crippen LogP contribution in [-0.4, -0.2) is 31.8 Å². The van der Waals surface area contributed by atoms with Gasteiger partial charge in [-0.25, -0.2) is 0 Å². The minimum absolute atomic E-state index is 0.00167. The second-order valence-corrected chi connectivity index (χ2v) is 4.83. The highest BCUT2D eigenvalue weighted by Gasteiger charge is 2.30. The fourth-order valence-corrected chi connectivity index (χ4v) is 2.52. The average Bonchev–Trinajstić information content (AvgIpc) is 2.99. The first-order valence-corrected chi connectivity index (χ1v) is 6.70. The van der Waals surface area contributed by atoms with Gasteiger partial charge in [-0.05, 0) is 12.6 Å². The van der Waals surface area contributed by atoms with Crippen LogP contribution in [0.2, 0.25) is 0 Å². The van der Waals surface area contributed by atoms with Crippen molar-refractivity contribution >= 4 is 11.6 Å². The van der Waals surface area contributed by atoms with Crippen molar-refractivity contribution in [1.82, 2.24) is 5.32 Å². The van der Waals surface area contributed by atoms with Gasteiger partial charge >= 0.3 is 0 Å². The summed E-state index contributed by atoms with van der Waals surface area (Å²) in [7, 11) is 0. The summed E-state index contributed by atoms with van der Waals surface area (Å²) < 4.78 is 11.1. The lowest BCUT2D eigenvalue weighted by Gasteiger charge is -2.13. The summed E-state index contributed by atoms with van der Waals surface area (Å²) in [6.07, 6.45) is 1.04. The van der Waals surface area contributed by atoms with E-state index in [4.69, 9.17) is 9.47 Å². The average molecular weight is 262 g/mol. The normalized spacial score (nSPS) is 25.2. The van der Waals surface area contributed by atoms with Gasteiger partial charge in [0.15, 0.2) is 0 Å². The second-order valence-electron chi connectivity index (χ2n) is 4.83. The molecule has 2 N–H and O–H groups in total. The minimum atomic E-state index is -0.246. The van der Waals surface area contributed by atoms with Crippen LogP contribution >= 0.6 is 0 Å². The Morgan fingerprint density at radius 2 is 2.42 bits per heavy atom. The Kier molecular flexibility index (Phi) is 3.40. The molecule has 1 aromatic carbocycles. The second kappa shape index (κ2) is 5.19. The third kappa shape index (κ3) is 2.43. The molecule has 5 nitrogen and oxygen atoms in total. The predicted octanol–water partition coefficient (Wildman–Crippen LogP) is 1.46. The van der Waals surface area contributed by atoms with Crippen LogP contribution in [0.4, 0.5) is 5.69 Å². The van der Waals surface area contributed by atoms with Gasteiger partial charge in [0.05, 0.1) is 13.2 Å². The number of nitrogens with one attached hydrogen (secondary N) is 2. The molecular weight excluding hydrogens is 244 g/mol. The van der Waals surface area contributed by atoms with Crippen LogP contribution in [0.1, 0.15) is 24.9 Å². The first kappa shape index (κ1) is 12.4. The van der Waals surface area contributed by atoms with Crippen molar-refractivity contribution in [2.45, 2.75) is 25.5 Å². The highest BCUT2D eigenvalue weighted by atomic mass is 16.5. The number of rotatable bonds is 4. The van der Waals surface area contributed by atoms with Gasteiger partial charge in [0.2, 0.25) is 5.91 Å². The first-order valence-electron chi connectivity index (χ1n) is 6.70. The number of ether oxygens (including phenoxy) is 2. The third-order valence-electron chi connectivity index (χ3n) is 3.45. The largest absolute Gasteiger partial charge is 0.488 e. The Labute approximate surface area is 112 Å². The van der Waals surface area contributed by atoms with Crippen molar-refractivity contribution in [1.29, 1.82) is 0 Å². The molecule has 0 aromatic heterocycles. The molecule has 2 atom stereocenters. The van der Waals surface area contributed by atoms with Gasteiger partial charge in [-0.2, -0.15) is 0 Å². The third-order valence-corrected chi connectivity index (χ3v) is 3.45. The van der Waals surface area contributed by atoms with E-state index in [1.54, 1.807) is 0 Å². The zero-order valence-electron chi connectivity index (χ0n) is 10.9. The lowest BCUT2D eigenvalue weighted by atomic mass is 10.1. The van der Waals surface area contributed by atoms with Crippen LogP contribution in [-0.2, 0) is 9.53 Å². The van der Waals surface area contributed by atoms with Crippen molar-refractivity contribution in [3.05, 3.63) is 23.8 Å². The van der Waals surface area contributed by atoms with E-state index in [0.717, 1.165) is 36.6 Å². The van der Waals surface area contributed by atoms with Crippen LogP contribution in [0.3, 0.4) is 0 Å². The number of hydrogen-bond acceptors (Lipinski definition) is 4. The number of amides is 1. The van der Waals surface area contributed by atoms with E-state index >= 15 is 0 Å². The van der Waals surface area contributed by atoms with Crippen LogP contribution in [0.15, 0.2) is 18.2 Å². The van der Waals surface area contributed by atoms with Crippen molar-refractivity contribution in [2.75, 3.05) is 25.1 Å². The van der Waals surface area contributed by atoms with Crippen LogP contribution in [0.5, 0.6) is 5.75 Å². The minimum Gasteiger partial charge on any atom is -0.488 e. The van der Waals surface area contributed by atoms with Gasteiger partial charge in [-0.1, -0.05) is 13.0 Å². The van der Waals surface area contributed by atoms with Gasteiger partial charge in [0, 0.05) is 23.7 Å². The zero-order valence-corrected chi connectivity index (χ0v) is 10.9. The molecule has 5 heteroatoms. The first-order chi connectivity index (χ1) is 9.28. The van der Waals surface area contributed by atoms with Crippen LogP contribution in [0.25, 0.3) is 0 Å². The van der Waals surface area contributed by atoms with Crippen LogP contribution < -0.4 is 15.4 Å². The van der Waals surface area contributed by atoms with E-state index < -0.39 is 0 Å². The molecule has 0 bridgehead atoms. The summed E-state index contributed by atoms with van der Waals surface area (Å²) in [4.78, 5) is 11.8. The Bertz CT molecular complexity index is 484. The molecular formula is C14H18N2O3. The molecule has 1 fully saturated rings. The van der Waals surface area contributed by atoms with Crippen LogP contribution in [0, 0.1) is 0 Å². The topological polar surface area (TPSA) is 59.6 Å². The standard InChI is InChI=1S/C14H18N2O3/c1-2-15-13-11-4-3-9(7-12(11)16-14(13)17)19-10-5-6-18-8-10/h3-4,7,10,13,15H,2,5-6,8H2,1H3,(H,16,17). The Morgan fingerprint density at radius 1 is 1.53 bits per heavy atom. The molecule has 2 heterocycles. The molecule has 0 aliphatic carbocycles. The quantitative estimate of drug-likeness (QED) is 0.862. The van der Waals surface area contributed by atoms with Gasteiger partial charge < -0.3 is 20.1 Å². The van der Waals surface area contributed by atoms with Crippen molar-refractivity contribution < 1.29 is 14.3 Å². The summed E-state index contributed by atoms with van der Waals surface area (Å²) in [5.74, 6) is 0.782. The van der Waals surface area contributed by atoms with Gasteiger partial charge in [-0.15, -0.1) is 0 Å². The van der Waals surface area contributed by atoms with Gasteiger partial charge in [0.25, 0.3) is 0 Å². The Hall–Kier alpha value is -1.59. The number of anilines is 1. The molecule has 0 spiro atoms. The Morgan fingerprint density at radius 3 is 3.16 bits per heavy atom. The number of fused-ring (bicyclic) bond motifs is 1. The molecule has 102 valence electrons. The van der Waals surface area contributed by atoms with Crippen molar-refractivity contribution in [3.8, 4) is 5.75 Å². The number of benzene rings is 1. The van der Waals surface area contributed by atoms with E-state index in [1.165, 1.54) is 0 Å². The van der Waals surface area contributed by atoms with Crippen molar-refractivity contribution in [2.24, 2.45) is 0 Å². The van der Waals surface area contributed by atoms with Gasteiger partial charge in [0.1, 0.15) is 17.9 Å². The molecule has 2 aliphatic heterocycles. The number of hydrogen-bond donors (Lipinski definition) is 2. The molecule has 19 heavy (non-hydrogen) atoms. The lowest BCUT2D eigenvalue weighted by Crippen LogP contribution is -2.27. The molecule has 2 aliphatic rings. The van der Waals surface area contributed by atoms with E-state index in [0.29, 0.717) is 6.61 Å². The Balaban J connectivity index is 1.77.